The highest BCUT2D eigenvalue weighted by Gasteiger charge is 2.37. The first-order chi connectivity index (χ1) is 14.3. The van der Waals surface area contributed by atoms with Crippen molar-refractivity contribution in [1.82, 2.24) is 0 Å². The Morgan fingerprint density at radius 1 is 0.533 bits per heavy atom. The van der Waals surface area contributed by atoms with Crippen LogP contribution < -0.4 is 0 Å². The third-order valence-electron chi connectivity index (χ3n) is 3.20. The highest BCUT2D eigenvalue weighted by Crippen LogP contribution is 2.80. The molecular formula is C20H10F4N3P3. The van der Waals surface area contributed by atoms with Gasteiger partial charge in [-0.2, -0.15) is 9.03 Å². The Morgan fingerprint density at radius 3 is 1.40 bits per heavy atom. The third-order valence-corrected chi connectivity index (χ3v) is 9.56. The SMILES string of the molecule is FP1(F)=NP(F)(F)=NP(C#CC#Cc2ccccc2)(C#CC#Cc2ccccc2)=N1. The Balaban J connectivity index is 2.04. The molecular weight excluding hydrogens is 451 g/mol. The summed E-state index contributed by atoms with van der Waals surface area (Å²) in [6, 6.07) is 17.5. The van der Waals surface area contributed by atoms with Gasteiger partial charge in [0.1, 0.15) is 0 Å². The fourth-order valence-electron chi connectivity index (χ4n) is 2.07. The summed E-state index contributed by atoms with van der Waals surface area (Å²) in [6.45, 7) is 0. The molecule has 0 radical (unpaired) electrons. The van der Waals surface area contributed by atoms with Gasteiger partial charge in [0, 0.05) is 11.1 Å². The van der Waals surface area contributed by atoms with E-state index < -0.39 is 22.9 Å². The van der Waals surface area contributed by atoms with Crippen LogP contribution in [-0.2, 0) is 0 Å². The molecule has 2 aromatic carbocycles. The molecule has 0 atom stereocenters. The van der Waals surface area contributed by atoms with Crippen LogP contribution in [0, 0.1) is 46.8 Å². The van der Waals surface area contributed by atoms with Crippen LogP contribution in [0.2, 0.25) is 0 Å². The maximum absolute atomic E-state index is 13.8. The van der Waals surface area contributed by atoms with E-state index in [1.165, 1.54) is 0 Å². The van der Waals surface area contributed by atoms with Gasteiger partial charge in [-0.25, -0.2) is 0 Å². The minimum atomic E-state index is -5.59. The molecule has 1 aliphatic heterocycles. The first-order valence-corrected chi connectivity index (χ1v) is 12.8. The van der Waals surface area contributed by atoms with Crippen LogP contribution >= 0.6 is 22.9 Å². The van der Waals surface area contributed by atoms with Crippen LogP contribution in [0.25, 0.3) is 0 Å². The lowest BCUT2D eigenvalue weighted by molar-refractivity contribution is 0.701. The minimum absolute atomic E-state index is 0.627. The quantitative estimate of drug-likeness (QED) is 0.217. The number of rotatable bonds is 0. The summed E-state index contributed by atoms with van der Waals surface area (Å²) in [5, 5.41) is 0. The van der Waals surface area contributed by atoms with Crippen molar-refractivity contribution in [3.63, 3.8) is 0 Å². The molecule has 3 nitrogen and oxygen atoms in total. The maximum Gasteiger partial charge on any atom is 0.422 e. The van der Waals surface area contributed by atoms with Gasteiger partial charge in [0.15, 0.2) is 0 Å². The predicted molar refractivity (Wildman–Crippen MR) is 115 cm³/mol. The third kappa shape index (κ3) is 6.57. The second-order valence-electron chi connectivity index (χ2n) is 5.49. The van der Waals surface area contributed by atoms with Crippen molar-refractivity contribution in [2.75, 3.05) is 0 Å². The van der Waals surface area contributed by atoms with Gasteiger partial charge in [0.25, 0.3) is 0 Å². The minimum Gasteiger partial charge on any atom is -0.161 e. The normalized spacial score (nSPS) is 16.5. The molecule has 30 heavy (non-hydrogen) atoms. The van der Waals surface area contributed by atoms with Crippen LogP contribution in [0.15, 0.2) is 74.2 Å². The lowest BCUT2D eigenvalue weighted by atomic mass is 10.2. The molecule has 0 saturated carbocycles. The van der Waals surface area contributed by atoms with Crippen LogP contribution in [0.3, 0.4) is 0 Å². The zero-order valence-electron chi connectivity index (χ0n) is 15.0. The van der Waals surface area contributed by atoms with Crippen LogP contribution in [0.5, 0.6) is 0 Å². The topological polar surface area (TPSA) is 37.1 Å². The van der Waals surface area contributed by atoms with Crippen molar-refractivity contribution < 1.29 is 16.8 Å². The molecule has 0 bridgehead atoms. The van der Waals surface area contributed by atoms with E-state index >= 15 is 0 Å². The lowest BCUT2D eigenvalue weighted by Gasteiger charge is -2.14. The van der Waals surface area contributed by atoms with E-state index in [9.17, 15) is 16.8 Å². The summed E-state index contributed by atoms with van der Waals surface area (Å²) < 4.78 is 63.9. The summed E-state index contributed by atoms with van der Waals surface area (Å²) in [5.41, 5.74) is 5.78. The zero-order chi connectivity index (χ0) is 21.5. The Bertz CT molecular complexity index is 1290. The van der Waals surface area contributed by atoms with Crippen LogP contribution in [-0.4, -0.2) is 0 Å². The van der Waals surface area contributed by atoms with Gasteiger partial charge < -0.3 is 0 Å². The van der Waals surface area contributed by atoms with E-state index in [0.29, 0.717) is 11.1 Å². The molecule has 148 valence electrons. The van der Waals surface area contributed by atoms with E-state index in [1.807, 2.05) is 0 Å². The van der Waals surface area contributed by atoms with E-state index in [1.54, 1.807) is 60.7 Å². The van der Waals surface area contributed by atoms with Gasteiger partial charge >= 0.3 is 15.7 Å². The standard InChI is InChI=1S/C20H10F4N3P3/c21-29(22)25-28(26-30(23,24)27-29,17-9-7-15-19-11-3-1-4-12-19)18-10-8-16-20-13-5-2-6-14-20/h1-6,11-14H. The Morgan fingerprint density at radius 2 is 0.967 bits per heavy atom. The number of halogens is 4. The van der Waals surface area contributed by atoms with E-state index in [0.717, 1.165) is 0 Å². The van der Waals surface area contributed by atoms with Gasteiger partial charge in [-0.1, -0.05) is 48.2 Å². The monoisotopic (exact) mass is 461 g/mol. The zero-order valence-corrected chi connectivity index (χ0v) is 17.7. The molecule has 0 aromatic heterocycles. The van der Waals surface area contributed by atoms with Crippen molar-refractivity contribution in [2.24, 2.45) is 13.5 Å². The van der Waals surface area contributed by atoms with Crippen molar-refractivity contribution in [2.45, 2.75) is 0 Å². The molecule has 1 heterocycles. The molecule has 10 heteroatoms. The first kappa shape index (κ1) is 21.8. The van der Waals surface area contributed by atoms with Gasteiger partial charge in [0.05, 0.1) is 0 Å². The highest BCUT2D eigenvalue weighted by atomic mass is 31.3. The first-order valence-electron chi connectivity index (χ1n) is 8.14. The largest absolute Gasteiger partial charge is 0.422 e. The van der Waals surface area contributed by atoms with Gasteiger partial charge in [0.2, 0.25) is 7.21 Å². The average Bonchev–Trinajstić information content (AvgIpc) is 2.68. The molecule has 0 N–H and O–H groups in total. The fourth-order valence-corrected chi connectivity index (χ4v) is 8.19. The van der Waals surface area contributed by atoms with E-state index in [4.69, 9.17) is 0 Å². The molecule has 0 spiro atoms. The van der Waals surface area contributed by atoms with Crippen molar-refractivity contribution >= 4 is 22.9 Å². The average molecular weight is 461 g/mol. The summed E-state index contributed by atoms with van der Waals surface area (Å²) in [4.78, 5) is 0. The Hall–Kier alpha value is -2.91. The number of benzene rings is 2. The van der Waals surface area contributed by atoms with Crippen molar-refractivity contribution in [3.05, 3.63) is 71.8 Å². The predicted octanol–water partition coefficient (Wildman–Crippen LogP) is 7.91. The summed E-state index contributed by atoms with van der Waals surface area (Å²) in [6.07, 6.45) is 0. The molecule has 0 amide bonds. The van der Waals surface area contributed by atoms with E-state index in [2.05, 4.69) is 60.4 Å². The van der Waals surface area contributed by atoms with Crippen LogP contribution in [0.1, 0.15) is 11.1 Å². The van der Waals surface area contributed by atoms with E-state index in [-0.39, 0.29) is 0 Å². The number of hydrogen-bond donors (Lipinski definition) is 0. The summed E-state index contributed by atoms with van der Waals surface area (Å²) in [7, 11) is -15.2. The molecule has 2 aromatic rings. The second-order valence-corrected chi connectivity index (χ2v) is 11.1. The van der Waals surface area contributed by atoms with Gasteiger partial charge in [-0.3, -0.25) is 0 Å². The number of hydrogen-bond acceptors (Lipinski definition) is 3. The summed E-state index contributed by atoms with van der Waals surface area (Å²) >= 11 is 0. The Kier molecular flexibility index (Phi) is 6.73. The molecule has 0 aliphatic carbocycles. The van der Waals surface area contributed by atoms with Crippen molar-refractivity contribution in [1.29, 1.82) is 0 Å². The van der Waals surface area contributed by atoms with Gasteiger partial charge in [-0.05, 0) is 59.3 Å². The molecule has 0 saturated heterocycles. The summed E-state index contributed by atoms with van der Waals surface area (Å²) in [5.74, 6) is 14.9. The molecule has 1 aliphatic rings. The molecule has 0 fully saturated rings. The maximum atomic E-state index is 13.8. The molecule has 3 rings (SSSR count). The molecule has 0 unspecified atom stereocenters. The smallest absolute Gasteiger partial charge is 0.161 e. The van der Waals surface area contributed by atoms with Crippen LogP contribution in [0.4, 0.5) is 16.8 Å². The van der Waals surface area contributed by atoms with Crippen molar-refractivity contribution in [3.8, 4) is 46.8 Å². The number of nitrogens with zero attached hydrogens (tertiary/aromatic N) is 3. The Labute approximate surface area is 172 Å². The highest BCUT2D eigenvalue weighted by molar-refractivity contribution is 7.86. The lowest BCUT2D eigenvalue weighted by Crippen LogP contribution is -1.76. The second kappa shape index (κ2) is 9.27. The fraction of sp³-hybridized carbons (Fsp3) is 0. The van der Waals surface area contributed by atoms with Gasteiger partial charge in [-0.15, -0.1) is 21.3 Å².